The Hall–Kier alpha value is -1.85. The number of nitrogens with one attached hydrogen (secondary N) is 1. The van der Waals surface area contributed by atoms with Gasteiger partial charge in [-0.25, -0.2) is 0 Å². The van der Waals surface area contributed by atoms with Gasteiger partial charge in [-0.1, -0.05) is 13.8 Å². The third-order valence-corrected chi connectivity index (χ3v) is 3.51. The van der Waals surface area contributed by atoms with E-state index in [9.17, 15) is 9.59 Å². The van der Waals surface area contributed by atoms with Crippen LogP contribution in [0, 0.1) is 5.92 Å². The SMILES string of the molecule is CC(C)CC1C(=O)NC(C)C(=O)N1CCn1cccn1. The van der Waals surface area contributed by atoms with Crippen LogP contribution in [0.2, 0.25) is 0 Å². The fraction of sp³-hybridized carbons (Fsp3) is 0.643. The van der Waals surface area contributed by atoms with Crippen LogP contribution in [0.1, 0.15) is 27.2 Å². The summed E-state index contributed by atoms with van der Waals surface area (Å²) in [5.41, 5.74) is 0. The molecule has 2 unspecified atom stereocenters. The molecule has 6 nitrogen and oxygen atoms in total. The topological polar surface area (TPSA) is 67.2 Å². The number of amides is 2. The van der Waals surface area contributed by atoms with Gasteiger partial charge in [0.05, 0.1) is 6.54 Å². The van der Waals surface area contributed by atoms with E-state index in [1.807, 2.05) is 12.3 Å². The normalized spacial score (nSPS) is 23.3. The maximum atomic E-state index is 12.3. The Kier molecular flexibility index (Phi) is 4.42. The lowest BCUT2D eigenvalue weighted by Crippen LogP contribution is -2.63. The van der Waals surface area contributed by atoms with Gasteiger partial charge in [0.2, 0.25) is 11.8 Å². The lowest BCUT2D eigenvalue weighted by Gasteiger charge is -2.38. The highest BCUT2D eigenvalue weighted by Crippen LogP contribution is 2.17. The highest BCUT2D eigenvalue weighted by molar-refractivity contribution is 5.96. The van der Waals surface area contributed by atoms with Crippen molar-refractivity contribution in [1.82, 2.24) is 20.0 Å². The molecule has 1 aromatic heterocycles. The van der Waals surface area contributed by atoms with Gasteiger partial charge in [-0.05, 0) is 25.3 Å². The minimum absolute atomic E-state index is 0.0117. The van der Waals surface area contributed by atoms with Gasteiger partial charge in [0, 0.05) is 18.9 Å². The summed E-state index contributed by atoms with van der Waals surface area (Å²) >= 11 is 0. The molecule has 1 aliphatic heterocycles. The second-order valence-electron chi connectivity index (χ2n) is 5.68. The molecule has 1 saturated heterocycles. The Balaban J connectivity index is 2.09. The minimum Gasteiger partial charge on any atom is -0.343 e. The molecule has 0 radical (unpaired) electrons. The van der Waals surface area contributed by atoms with Crippen LogP contribution in [0.3, 0.4) is 0 Å². The molecule has 20 heavy (non-hydrogen) atoms. The molecule has 2 rings (SSSR count). The van der Waals surface area contributed by atoms with E-state index in [2.05, 4.69) is 24.3 Å². The summed E-state index contributed by atoms with van der Waals surface area (Å²) in [6.45, 7) is 6.96. The Bertz CT molecular complexity index is 470. The molecule has 0 bridgehead atoms. The van der Waals surface area contributed by atoms with Gasteiger partial charge in [-0.3, -0.25) is 14.3 Å². The average molecular weight is 278 g/mol. The van der Waals surface area contributed by atoms with E-state index in [1.165, 1.54) is 0 Å². The first-order chi connectivity index (χ1) is 9.49. The van der Waals surface area contributed by atoms with Crippen molar-refractivity contribution in [3.8, 4) is 0 Å². The quantitative estimate of drug-likeness (QED) is 0.859. The van der Waals surface area contributed by atoms with Gasteiger partial charge < -0.3 is 10.2 Å². The highest BCUT2D eigenvalue weighted by Gasteiger charge is 2.38. The Labute approximate surface area is 119 Å². The molecule has 0 aliphatic carbocycles. The lowest BCUT2D eigenvalue weighted by molar-refractivity contribution is -0.149. The molecule has 0 aromatic carbocycles. The van der Waals surface area contributed by atoms with Gasteiger partial charge in [0.25, 0.3) is 0 Å². The summed E-state index contributed by atoms with van der Waals surface area (Å²) in [4.78, 5) is 26.1. The number of piperazine rings is 1. The summed E-state index contributed by atoms with van der Waals surface area (Å²) in [7, 11) is 0. The maximum Gasteiger partial charge on any atom is 0.245 e. The summed E-state index contributed by atoms with van der Waals surface area (Å²) in [5.74, 6) is 0.299. The molecule has 1 aromatic rings. The molecular formula is C14H22N4O2. The molecule has 2 amide bonds. The largest absolute Gasteiger partial charge is 0.343 e. The molecule has 1 fully saturated rings. The van der Waals surface area contributed by atoms with Gasteiger partial charge >= 0.3 is 0 Å². The zero-order valence-electron chi connectivity index (χ0n) is 12.2. The van der Waals surface area contributed by atoms with Crippen LogP contribution < -0.4 is 5.32 Å². The molecule has 6 heteroatoms. The van der Waals surface area contributed by atoms with Crippen LogP contribution in [0.4, 0.5) is 0 Å². The third kappa shape index (κ3) is 3.18. The van der Waals surface area contributed by atoms with E-state index in [1.54, 1.807) is 22.7 Å². The first-order valence-corrected chi connectivity index (χ1v) is 7.07. The molecule has 2 heterocycles. The smallest absolute Gasteiger partial charge is 0.245 e. The molecule has 0 spiro atoms. The molecule has 0 saturated carbocycles. The zero-order chi connectivity index (χ0) is 14.7. The summed E-state index contributed by atoms with van der Waals surface area (Å²) in [6, 6.07) is 1.04. The number of carbonyl (C=O) groups is 2. The zero-order valence-corrected chi connectivity index (χ0v) is 12.2. The average Bonchev–Trinajstić information content (AvgIpc) is 2.88. The number of carbonyl (C=O) groups excluding carboxylic acids is 2. The second kappa shape index (κ2) is 6.07. The van der Waals surface area contributed by atoms with Crippen molar-refractivity contribution in [2.24, 2.45) is 5.92 Å². The van der Waals surface area contributed by atoms with Gasteiger partial charge in [0.1, 0.15) is 12.1 Å². The van der Waals surface area contributed by atoms with E-state index in [-0.39, 0.29) is 17.9 Å². The number of nitrogens with zero attached hydrogens (tertiary/aromatic N) is 3. The molecular weight excluding hydrogens is 256 g/mol. The van der Waals surface area contributed by atoms with E-state index in [4.69, 9.17) is 0 Å². The predicted molar refractivity (Wildman–Crippen MR) is 74.8 cm³/mol. The van der Waals surface area contributed by atoms with Crippen LogP contribution in [-0.4, -0.2) is 45.1 Å². The van der Waals surface area contributed by atoms with E-state index < -0.39 is 6.04 Å². The summed E-state index contributed by atoms with van der Waals surface area (Å²) < 4.78 is 1.77. The van der Waals surface area contributed by atoms with Gasteiger partial charge in [-0.2, -0.15) is 5.10 Å². The van der Waals surface area contributed by atoms with E-state index in [0.29, 0.717) is 25.4 Å². The van der Waals surface area contributed by atoms with Gasteiger partial charge in [0.15, 0.2) is 0 Å². The van der Waals surface area contributed by atoms with E-state index >= 15 is 0 Å². The number of hydrogen-bond acceptors (Lipinski definition) is 3. The Morgan fingerprint density at radius 1 is 1.35 bits per heavy atom. The number of rotatable bonds is 5. The lowest BCUT2D eigenvalue weighted by atomic mass is 9.98. The van der Waals surface area contributed by atoms with E-state index in [0.717, 1.165) is 0 Å². The third-order valence-electron chi connectivity index (χ3n) is 3.51. The number of aromatic nitrogens is 2. The Morgan fingerprint density at radius 3 is 2.70 bits per heavy atom. The van der Waals surface area contributed by atoms with Crippen LogP contribution in [0.15, 0.2) is 18.5 Å². The van der Waals surface area contributed by atoms with Crippen molar-refractivity contribution in [2.45, 2.75) is 45.8 Å². The van der Waals surface area contributed by atoms with Crippen molar-refractivity contribution in [3.63, 3.8) is 0 Å². The predicted octanol–water partition coefficient (Wildman–Crippen LogP) is 0.645. The van der Waals surface area contributed by atoms with Crippen LogP contribution in [0.25, 0.3) is 0 Å². The van der Waals surface area contributed by atoms with Gasteiger partial charge in [-0.15, -0.1) is 0 Å². The number of hydrogen-bond donors (Lipinski definition) is 1. The van der Waals surface area contributed by atoms with Crippen molar-refractivity contribution in [2.75, 3.05) is 6.54 Å². The molecule has 1 aliphatic rings. The first kappa shape index (κ1) is 14.6. The fourth-order valence-electron chi connectivity index (χ4n) is 2.50. The Morgan fingerprint density at radius 2 is 2.10 bits per heavy atom. The van der Waals surface area contributed by atoms with Crippen molar-refractivity contribution in [1.29, 1.82) is 0 Å². The van der Waals surface area contributed by atoms with Crippen LogP contribution in [0.5, 0.6) is 0 Å². The van der Waals surface area contributed by atoms with Crippen molar-refractivity contribution in [3.05, 3.63) is 18.5 Å². The fourth-order valence-corrected chi connectivity index (χ4v) is 2.50. The standard InChI is InChI=1S/C14H22N4O2/c1-10(2)9-12-13(19)16-11(3)14(20)18(12)8-7-17-6-4-5-15-17/h4-6,10-12H,7-9H2,1-3H3,(H,16,19). The summed E-state index contributed by atoms with van der Waals surface area (Å²) in [6.07, 6.45) is 4.25. The highest BCUT2D eigenvalue weighted by atomic mass is 16.2. The summed E-state index contributed by atoms with van der Waals surface area (Å²) in [5, 5.41) is 6.88. The molecule has 1 N–H and O–H groups in total. The van der Waals surface area contributed by atoms with Crippen LogP contribution in [-0.2, 0) is 16.1 Å². The molecule has 2 atom stereocenters. The van der Waals surface area contributed by atoms with Crippen molar-refractivity contribution < 1.29 is 9.59 Å². The first-order valence-electron chi connectivity index (χ1n) is 7.07. The van der Waals surface area contributed by atoms with Crippen LogP contribution >= 0.6 is 0 Å². The second-order valence-corrected chi connectivity index (χ2v) is 5.68. The molecule has 110 valence electrons. The maximum absolute atomic E-state index is 12.3. The monoisotopic (exact) mass is 278 g/mol. The van der Waals surface area contributed by atoms with Crippen molar-refractivity contribution >= 4 is 11.8 Å². The minimum atomic E-state index is -0.441.